The van der Waals surface area contributed by atoms with Crippen molar-refractivity contribution in [2.75, 3.05) is 24.5 Å². The van der Waals surface area contributed by atoms with Gasteiger partial charge in [-0.05, 0) is 43.2 Å². The monoisotopic (exact) mass is 401 g/mol. The Hall–Kier alpha value is -2.53. The molecule has 0 aromatic heterocycles. The van der Waals surface area contributed by atoms with Gasteiger partial charge in [0.1, 0.15) is 0 Å². The zero-order chi connectivity index (χ0) is 20.4. The minimum atomic E-state index is -0.369. The van der Waals surface area contributed by atoms with Gasteiger partial charge in [0.05, 0.1) is 12.5 Å². The predicted molar refractivity (Wildman–Crippen MR) is 115 cm³/mol. The highest BCUT2D eigenvalue weighted by Gasteiger charge is 2.17. The molecular formula is C22H28ClN3O2. The summed E-state index contributed by atoms with van der Waals surface area (Å²) in [5.41, 5.74) is 2.04. The van der Waals surface area contributed by atoms with Gasteiger partial charge in [0.25, 0.3) is 0 Å². The van der Waals surface area contributed by atoms with Crippen LogP contribution in [0.5, 0.6) is 0 Å². The van der Waals surface area contributed by atoms with Gasteiger partial charge in [0.15, 0.2) is 0 Å². The van der Waals surface area contributed by atoms with Gasteiger partial charge in [-0.3, -0.25) is 9.59 Å². The maximum Gasteiger partial charge on any atom is 0.222 e. The summed E-state index contributed by atoms with van der Waals surface area (Å²) in [5, 5.41) is 6.41. The number of rotatable bonds is 10. The Morgan fingerprint density at radius 3 is 2.36 bits per heavy atom. The van der Waals surface area contributed by atoms with E-state index in [1.165, 1.54) is 12.6 Å². The standard InChI is InChI=1S/C22H28ClN3O2/c1-3-26(20-8-5-4-6-9-20)15-7-14-24-22(28)16-21(25-17(2)27)18-10-12-19(23)13-11-18/h4-6,8-13,21H,3,7,14-16H2,1-2H3,(H,24,28)(H,25,27). The van der Waals surface area contributed by atoms with Crippen molar-refractivity contribution in [2.45, 2.75) is 32.7 Å². The number of hydrogen-bond donors (Lipinski definition) is 2. The molecule has 6 heteroatoms. The van der Waals surface area contributed by atoms with E-state index in [-0.39, 0.29) is 24.3 Å². The molecule has 0 spiro atoms. The molecule has 2 amide bonds. The van der Waals surface area contributed by atoms with E-state index in [1.54, 1.807) is 12.1 Å². The van der Waals surface area contributed by atoms with Crippen LogP contribution < -0.4 is 15.5 Å². The molecule has 2 aromatic rings. The first-order valence-electron chi connectivity index (χ1n) is 9.59. The summed E-state index contributed by atoms with van der Waals surface area (Å²) in [6.07, 6.45) is 1.04. The zero-order valence-corrected chi connectivity index (χ0v) is 17.2. The molecular weight excluding hydrogens is 374 g/mol. The average molecular weight is 402 g/mol. The lowest BCUT2D eigenvalue weighted by Gasteiger charge is -2.23. The molecule has 0 aliphatic carbocycles. The highest BCUT2D eigenvalue weighted by molar-refractivity contribution is 6.30. The molecule has 5 nitrogen and oxygen atoms in total. The van der Waals surface area contributed by atoms with E-state index in [1.807, 2.05) is 30.3 Å². The highest BCUT2D eigenvalue weighted by atomic mass is 35.5. The highest BCUT2D eigenvalue weighted by Crippen LogP contribution is 2.19. The first kappa shape index (κ1) is 21.8. The summed E-state index contributed by atoms with van der Waals surface area (Å²) < 4.78 is 0. The fraction of sp³-hybridized carbons (Fsp3) is 0.364. The molecule has 0 heterocycles. The second kappa shape index (κ2) is 11.3. The average Bonchev–Trinajstić information content (AvgIpc) is 2.68. The molecule has 1 unspecified atom stereocenters. The Balaban J connectivity index is 1.82. The lowest BCUT2D eigenvalue weighted by molar-refractivity contribution is -0.122. The molecule has 2 aromatic carbocycles. The number of anilines is 1. The number of amides is 2. The van der Waals surface area contributed by atoms with Crippen LogP contribution in [0, 0.1) is 0 Å². The van der Waals surface area contributed by atoms with Crippen LogP contribution in [0.3, 0.4) is 0 Å². The number of hydrogen-bond acceptors (Lipinski definition) is 3. The van der Waals surface area contributed by atoms with Crippen molar-refractivity contribution >= 4 is 29.1 Å². The predicted octanol–water partition coefficient (Wildman–Crippen LogP) is 3.94. The summed E-state index contributed by atoms with van der Waals surface area (Å²) in [6, 6.07) is 17.0. The van der Waals surface area contributed by atoms with E-state index in [0.717, 1.165) is 25.1 Å². The van der Waals surface area contributed by atoms with Crippen molar-refractivity contribution in [2.24, 2.45) is 0 Å². The van der Waals surface area contributed by atoms with Crippen LogP contribution in [0.25, 0.3) is 0 Å². The van der Waals surface area contributed by atoms with Gasteiger partial charge in [-0.15, -0.1) is 0 Å². The Morgan fingerprint density at radius 2 is 1.75 bits per heavy atom. The third kappa shape index (κ3) is 7.24. The van der Waals surface area contributed by atoms with Crippen molar-refractivity contribution in [3.63, 3.8) is 0 Å². The second-order valence-electron chi connectivity index (χ2n) is 6.63. The zero-order valence-electron chi connectivity index (χ0n) is 16.5. The third-order valence-electron chi connectivity index (χ3n) is 4.47. The normalized spacial score (nSPS) is 11.5. The minimum absolute atomic E-state index is 0.0866. The van der Waals surface area contributed by atoms with E-state index >= 15 is 0 Å². The van der Waals surface area contributed by atoms with Crippen molar-refractivity contribution in [3.8, 4) is 0 Å². The van der Waals surface area contributed by atoms with Gasteiger partial charge in [-0.1, -0.05) is 41.9 Å². The molecule has 0 bridgehead atoms. The van der Waals surface area contributed by atoms with Crippen molar-refractivity contribution < 1.29 is 9.59 Å². The lowest BCUT2D eigenvalue weighted by atomic mass is 10.0. The maximum atomic E-state index is 12.4. The Morgan fingerprint density at radius 1 is 1.07 bits per heavy atom. The fourth-order valence-electron chi connectivity index (χ4n) is 3.06. The number of nitrogens with one attached hydrogen (secondary N) is 2. The fourth-order valence-corrected chi connectivity index (χ4v) is 3.18. The molecule has 0 saturated carbocycles. The number of nitrogens with zero attached hydrogens (tertiary/aromatic N) is 1. The molecule has 0 aliphatic heterocycles. The molecule has 2 rings (SSSR count). The third-order valence-corrected chi connectivity index (χ3v) is 4.72. The van der Waals surface area contributed by atoms with Crippen LogP contribution in [-0.4, -0.2) is 31.4 Å². The van der Waals surface area contributed by atoms with E-state index < -0.39 is 0 Å². The van der Waals surface area contributed by atoms with Crippen LogP contribution >= 0.6 is 11.6 Å². The van der Waals surface area contributed by atoms with Gasteiger partial charge in [-0.25, -0.2) is 0 Å². The smallest absolute Gasteiger partial charge is 0.222 e. The topological polar surface area (TPSA) is 61.4 Å². The second-order valence-corrected chi connectivity index (χ2v) is 7.06. The van der Waals surface area contributed by atoms with Crippen LogP contribution in [-0.2, 0) is 9.59 Å². The largest absolute Gasteiger partial charge is 0.372 e. The summed E-state index contributed by atoms with van der Waals surface area (Å²) in [4.78, 5) is 26.1. The van der Waals surface area contributed by atoms with Crippen LogP contribution in [0.2, 0.25) is 5.02 Å². The van der Waals surface area contributed by atoms with E-state index in [2.05, 4.69) is 34.6 Å². The van der Waals surface area contributed by atoms with Crippen molar-refractivity contribution in [3.05, 3.63) is 65.2 Å². The Labute approximate surface area is 172 Å². The lowest BCUT2D eigenvalue weighted by Crippen LogP contribution is -2.34. The van der Waals surface area contributed by atoms with Crippen LogP contribution in [0.1, 0.15) is 38.3 Å². The van der Waals surface area contributed by atoms with Crippen LogP contribution in [0.4, 0.5) is 5.69 Å². The maximum absolute atomic E-state index is 12.4. The van der Waals surface area contributed by atoms with Crippen molar-refractivity contribution in [1.82, 2.24) is 10.6 Å². The molecule has 1 atom stereocenters. The van der Waals surface area contributed by atoms with E-state index in [4.69, 9.17) is 11.6 Å². The molecule has 0 aliphatic rings. The number of carbonyl (C=O) groups excluding carboxylic acids is 2. The van der Waals surface area contributed by atoms with E-state index in [0.29, 0.717) is 11.6 Å². The number of carbonyl (C=O) groups is 2. The quantitative estimate of drug-likeness (QED) is 0.593. The number of halogens is 1. The first-order chi connectivity index (χ1) is 13.5. The first-order valence-corrected chi connectivity index (χ1v) is 9.96. The summed E-state index contributed by atoms with van der Waals surface area (Å²) >= 11 is 5.92. The molecule has 0 radical (unpaired) electrons. The van der Waals surface area contributed by atoms with Gasteiger partial charge in [0.2, 0.25) is 11.8 Å². The Kier molecular flexibility index (Phi) is 8.82. The van der Waals surface area contributed by atoms with Crippen LogP contribution in [0.15, 0.2) is 54.6 Å². The molecule has 28 heavy (non-hydrogen) atoms. The summed E-state index contributed by atoms with van der Waals surface area (Å²) in [6.45, 7) is 5.95. The number of para-hydroxylation sites is 1. The van der Waals surface area contributed by atoms with Gasteiger partial charge in [-0.2, -0.15) is 0 Å². The SMILES string of the molecule is CCN(CCCNC(=O)CC(NC(C)=O)c1ccc(Cl)cc1)c1ccccc1. The molecule has 2 N–H and O–H groups in total. The number of benzene rings is 2. The van der Waals surface area contributed by atoms with Gasteiger partial charge >= 0.3 is 0 Å². The van der Waals surface area contributed by atoms with Gasteiger partial charge in [0, 0.05) is 37.3 Å². The minimum Gasteiger partial charge on any atom is -0.372 e. The molecule has 150 valence electrons. The van der Waals surface area contributed by atoms with Crippen molar-refractivity contribution in [1.29, 1.82) is 0 Å². The summed E-state index contributed by atoms with van der Waals surface area (Å²) in [5.74, 6) is -0.259. The Bertz CT molecular complexity index is 750. The van der Waals surface area contributed by atoms with Gasteiger partial charge < -0.3 is 15.5 Å². The molecule has 0 fully saturated rings. The van der Waals surface area contributed by atoms with E-state index in [9.17, 15) is 9.59 Å². The summed E-state index contributed by atoms with van der Waals surface area (Å²) in [7, 11) is 0. The molecule has 0 saturated heterocycles.